The maximum atomic E-state index is 5.65. The molecule has 0 aliphatic rings. The van der Waals surface area contributed by atoms with Crippen molar-refractivity contribution in [3.8, 4) is 5.75 Å². The van der Waals surface area contributed by atoms with Crippen molar-refractivity contribution < 1.29 is 4.74 Å². The highest BCUT2D eigenvalue weighted by molar-refractivity contribution is 5.23. The summed E-state index contributed by atoms with van der Waals surface area (Å²) < 4.78 is 5.65. The summed E-state index contributed by atoms with van der Waals surface area (Å²) >= 11 is 0. The van der Waals surface area contributed by atoms with Crippen LogP contribution in [0.15, 0.2) is 48.8 Å². The Labute approximate surface area is 114 Å². The highest BCUT2D eigenvalue weighted by Crippen LogP contribution is 2.11. The Morgan fingerprint density at radius 3 is 2.47 bits per heavy atom. The van der Waals surface area contributed by atoms with Gasteiger partial charge in [0.25, 0.3) is 0 Å². The number of rotatable bonds is 6. The van der Waals surface area contributed by atoms with Crippen molar-refractivity contribution in [3.63, 3.8) is 0 Å². The first kappa shape index (κ1) is 13.6. The third kappa shape index (κ3) is 4.72. The van der Waals surface area contributed by atoms with Crippen LogP contribution in [0.3, 0.4) is 0 Å². The summed E-state index contributed by atoms with van der Waals surface area (Å²) in [6.07, 6.45) is 3.46. The van der Waals surface area contributed by atoms with Crippen LogP contribution in [0.25, 0.3) is 0 Å². The third-order valence-electron chi connectivity index (χ3n) is 2.78. The molecule has 1 N–H and O–H groups in total. The molecule has 0 aliphatic heterocycles. The van der Waals surface area contributed by atoms with Crippen molar-refractivity contribution in [2.24, 2.45) is 0 Å². The lowest BCUT2D eigenvalue weighted by Gasteiger charge is -2.09. The number of ether oxygens (including phenoxy) is 1. The van der Waals surface area contributed by atoms with Crippen molar-refractivity contribution in [1.29, 1.82) is 0 Å². The van der Waals surface area contributed by atoms with E-state index in [1.165, 1.54) is 5.56 Å². The van der Waals surface area contributed by atoms with Gasteiger partial charge in [-0.15, -0.1) is 0 Å². The molecule has 3 nitrogen and oxygen atoms in total. The maximum Gasteiger partial charge on any atom is 0.138 e. The van der Waals surface area contributed by atoms with Crippen LogP contribution >= 0.6 is 0 Å². The van der Waals surface area contributed by atoms with Gasteiger partial charge in [-0.2, -0.15) is 0 Å². The van der Waals surface area contributed by atoms with Crippen molar-refractivity contribution in [3.05, 3.63) is 59.9 Å². The molecule has 1 heterocycles. The standard InChI is InChI=1S/C16H20N2O/c1-13(2)18-10-14-5-7-15(8-6-14)12-19-16-4-3-9-17-11-16/h3-9,11,13,18H,10,12H2,1-2H3. The first-order valence-corrected chi connectivity index (χ1v) is 6.58. The van der Waals surface area contributed by atoms with Crippen molar-refractivity contribution >= 4 is 0 Å². The summed E-state index contributed by atoms with van der Waals surface area (Å²) in [7, 11) is 0. The second-order valence-corrected chi connectivity index (χ2v) is 4.83. The minimum Gasteiger partial charge on any atom is -0.487 e. The number of nitrogens with zero attached hydrogens (tertiary/aromatic N) is 1. The fraction of sp³-hybridized carbons (Fsp3) is 0.312. The van der Waals surface area contributed by atoms with Crippen LogP contribution in [0.1, 0.15) is 25.0 Å². The van der Waals surface area contributed by atoms with Gasteiger partial charge in [0.05, 0.1) is 6.20 Å². The molecule has 1 aromatic heterocycles. The van der Waals surface area contributed by atoms with Gasteiger partial charge < -0.3 is 10.1 Å². The van der Waals surface area contributed by atoms with Crippen molar-refractivity contribution in [2.45, 2.75) is 33.0 Å². The molecule has 2 aromatic rings. The number of hydrogen-bond acceptors (Lipinski definition) is 3. The van der Waals surface area contributed by atoms with Gasteiger partial charge in [0, 0.05) is 18.8 Å². The molecule has 2 rings (SSSR count). The van der Waals surface area contributed by atoms with E-state index < -0.39 is 0 Å². The molecule has 1 aromatic carbocycles. The molecular formula is C16H20N2O. The molecule has 3 heteroatoms. The number of nitrogens with one attached hydrogen (secondary N) is 1. The zero-order valence-electron chi connectivity index (χ0n) is 11.5. The fourth-order valence-corrected chi connectivity index (χ4v) is 1.67. The van der Waals surface area contributed by atoms with Crippen LogP contribution in [0.2, 0.25) is 0 Å². The number of pyridine rings is 1. The Morgan fingerprint density at radius 1 is 1.11 bits per heavy atom. The van der Waals surface area contributed by atoms with E-state index in [0.29, 0.717) is 12.6 Å². The quantitative estimate of drug-likeness (QED) is 0.862. The van der Waals surface area contributed by atoms with E-state index in [9.17, 15) is 0 Å². The van der Waals surface area contributed by atoms with Gasteiger partial charge >= 0.3 is 0 Å². The average Bonchev–Trinajstić information content (AvgIpc) is 2.45. The molecule has 0 saturated heterocycles. The van der Waals surface area contributed by atoms with Crippen LogP contribution in [-0.4, -0.2) is 11.0 Å². The summed E-state index contributed by atoms with van der Waals surface area (Å²) in [5.74, 6) is 0.799. The number of hydrogen-bond donors (Lipinski definition) is 1. The van der Waals surface area contributed by atoms with E-state index in [-0.39, 0.29) is 0 Å². The zero-order chi connectivity index (χ0) is 13.5. The Kier molecular flexibility index (Phi) is 4.93. The molecule has 0 aliphatic carbocycles. The van der Waals surface area contributed by atoms with Gasteiger partial charge in [-0.3, -0.25) is 4.98 Å². The Balaban J connectivity index is 1.85. The molecule has 0 spiro atoms. The summed E-state index contributed by atoms with van der Waals surface area (Å²) in [5, 5.41) is 3.40. The van der Waals surface area contributed by atoms with Gasteiger partial charge in [0.1, 0.15) is 12.4 Å². The minimum absolute atomic E-state index is 0.508. The van der Waals surface area contributed by atoms with Crippen LogP contribution in [0.5, 0.6) is 5.75 Å². The third-order valence-corrected chi connectivity index (χ3v) is 2.78. The number of benzene rings is 1. The predicted molar refractivity (Wildman–Crippen MR) is 77.0 cm³/mol. The fourth-order valence-electron chi connectivity index (χ4n) is 1.67. The van der Waals surface area contributed by atoms with E-state index in [4.69, 9.17) is 4.74 Å². The van der Waals surface area contributed by atoms with Gasteiger partial charge in [-0.1, -0.05) is 38.1 Å². The molecule has 19 heavy (non-hydrogen) atoms. The Morgan fingerprint density at radius 2 is 1.84 bits per heavy atom. The van der Waals surface area contributed by atoms with Crippen molar-refractivity contribution in [1.82, 2.24) is 10.3 Å². The van der Waals surface area contributed by atoms with Gasteiger partial charge in [0.15, 0.2) is 0 Å². The van der Waals surface area contributed by atoms with Crippen LogP contribution in [0, 0.1) is 0 Å². The molecule has 100 valence electrons. The maximum absolute atomic E-state index is 5.65. The van der Waals surface area contributed by atoms with Gasteiger partial charge in [0.2, 0.25) is 0 Å². The summed E-state index contributed by atoms with van der Waals surface area (Å²) in [5.41, 5.74) is 2.45. The van der Waals surface area contributed by atoms with E-state index in [2.05, 4.69) is 48.4 Å². The van der Waals surface area contributed by atoms with Crippen LogP contribution < -0.4 is 10.1 Å². The molecular weight excluding hydrogens is 236 g/mol. The normalized spacial score (nSPS) is 10.7. The molecule has 0 fully saturated rings. The molecule has 0 bridgehead atoms. The van der Waals surface area contributed by atoms with Crippen molar-refractivity contribution in [2.75, 3.05) is 0 Å². The monoisotopic (exact) mass is 256 g/mol. The second-order valence-electron chi connectivity index (χ2n) is 4.83. The van der Waals surface area contributed by atoms with Crippen LogP contribution in [0.4, 0.5) is 0 Å². The lowest BCUT2D eigenvalue weighted by atomic mass is 10.1. The lowest BCUT2D eigenvalue weighted by molar-refractivity contribution is 0.305. The zero-order valence-corrected chi connectivity index (χ0v) is 11.5. The molecule has 0 unspecified atom stereocenters. The summed E-state index contributed by atoms with van der Waals surface area (Å²) in [6.45, 7) is 5.78. The summed E-state index contributed by atoms with van der Waals surface area (Å²) in [4.78, 5) is 4.02. The first-order chi connectivity index (χ1) is 9.24. The average molecular weight is 256 g/mol. The largest absolute Gasteiger partial charge is 0.487 e. The molecule has 0 amide bonds. The molecule has 0 radical (unpaired) electrons. The van der Waals surface area contributed by atoms with E-state index in [1.807, 2.05) is 12.1 Å². The minimum atomic E-state index is 0.508. The van der Waals surface area contributed by atoms with Gasteiger partial charge in [-0.25, -0.2) is 0 Å². The lowest BCUT2D eigenvalue weighted by Crippen LogP contribution is -2.21. The topological polar surface area (TPSA) is 34.1 Å². The second kappa shape index (κ2) is 6.90. The van der Waals surface area contributed by atoms with E-state index in [1.54, 1.807) is 12.4 Å². The first-order valence-electron chi connectivity index (χ1n) is 6.58. The van der Waals surface area contributed by atoms with E-state index >= 15 is 0 Å². The Bertz CT molecular complexity index is 480. The Hall–Kier alpha value is -1.87. The number of aromatic nitrogens is 1. The summed E-state index contributed by atoms with van der Waals surface area (Å²) in [6, 6.07) is 12.8. The molecule has 0 atom stereocenters. The van der Waals surface area contributed by atoms with Gasteiger partial charge in [-0.05, 0) is 23.3 Å². The highest BCUT2D eigenvalue weighted by Gasteiger charge is 1.98. The smallest absolute Gasteiger partial charge is 0.138 e. The van der Waals surface area contributed by atoms with E-state index in [0.717, 1.165) is 17.9 Å². The van der Waals surface area contributed by atoms with Crippen LogP contribution in [-0.2, 0) is 13.2 Å². The predicted octanol–water partition coefficient (Wildman–Crippen LogP) is 3.16. The molecule has 0 saturated carbocycles. The highest BCUT2D eigenvalue weighted by atomic mass is 16.5. The SMILES string of the molecule is CC(C)NCc1ccc(COc2cccnc2)cc1.